The van der Waals surface area contributed by atoms with Crippen molar-refractivity contribution in [2.75, 3.05) is 0 Å². The van der Waals surface area contributed by atoms with Gasteiger partial charge in [0, 0.05) is 24.0 Å². The van der Waals surface area contributed by atoms with E-state index in [1.165, 1.54) is 5.01 Å². The molecule has 0 aliphatic carbocycles. The van der Waals surface area contributed by atoms with Crippen LogP contribution in [0, 0.1) is 5.92 Å². The number of rotatable bonds is 3. The van der Waals surface area contributed by atoms with Crippen LogP contribution in [0.2, 0.25) is 0 Å². The minimum atomic E-state index is 0.371. The van der Waals surface area contributed by atoms with Crippen LogP contribution < -0.4 is 5.73 Å². The van der Waals surface area contributed by atoms with E-state index in [-0.39, 0.29) is 0 Å². The van der Waals surface area contributed by atoms with Gasteiger partial charge in [0.1, 0.15) is 0 Å². The van der Waals surface area contributed by atoms with Crippen molar-refractivity contribution in [1.82, 2.24) is 10.7 Å². The second kappa shape index (κ2) is 3.83. The number of hydrogen-bond acceptors (Lipinski definition) is 2. The summed E-state index contributed by atoms with van der Waals surface area (Å²) < 4.78 is 0. The molecule has 0 saturated heterocycles. The monoisotopic (exact) mass is 169 g/mol. The maximum Gasteiger partial charge on any atom is 0.0930 e. The zero-order chi connectivity index (χ0) is 8.27. The Hall–Kier alpha value is -0.410. The van der Waals surface area contributed by atoms with Crippen molar-refractivity contribution in [1.29, 1.82) is 0 Å². The van der Waals surface area contributed by atoms with Crippen molar-refractivity contribution in [2.24, 2.45) is 5.92 Å². The van der Waals surface area contributed by atoms with Gasteiger partial charge < -0.3 is 0 Å². The van der Waals surface area contributed by atoms with Crippen molar-refractivity contribution in [3.05, 3.63) is 16.1 Å². The van der Waals surface area contributed by atoms with Crippen molar-refractivity contribution >= 4 is 11.3 Å². The molecule has 3 heteroatoms. The van der Waals surface area contributed by atoms with Crippen LogP contribution in [0.3, 0.4) is 0 Å². The zero-order valence-corrected chi connectivity index (χ0v) is 7.74. The fourth-order valence-corrected chi connectivity index (χ4v) is 1.88. The molecule has 0 aromatic carbocycles. The molecule has 2 nitrogen and oxygen atoms in total. The van der Waals surface area contributed by atoms with Gasteiger partial charge in [-0.05, 0) is 5.92 Å². The molecule has 0 bridgehead atoms. The molecule has 1 aromatic rings. The van der Waals surface area contributed by atoms with Crippen LogP contribution in [-0.4, -0.2) is 4.98 Å². The summed E-state index contributed by atoms with van der Waals surface area (Å²) in [6.07, 6.45) is 2.86. The predicted octanol–water partition coefficient (Wildman–Crippen LogP) is 2.12. The molecule has 0 aliphatic rings. The third-order valence-corrected chi connectivity index (χ3v) is 2.38. The summed E-state index contributed by atoms with van der Waals surface area (Å²) in [4.78, 5) is 5.30. The second-order valence-corrected chi connectivity index (χ2v) is 4.19. The molecular weight excluding hydrogens is 156 g/mol. The Bertz CT molecular complexity index is 218. The highest BCUT2D eigenvalue weighted by molar-refractivity contribution is 7.11. The normalized spacial score (nSPS) is 10.9. The topological polar surface area (TPSA) is 36.7 Å². The lowest BCUT2D eigenvalue weighted by Crippen LogP contribution is -1.91. The van der Waals surface area contributed by atoms with Crippen LogP contribution in [0.25, 0.3) is 0 Å². The number of hydrogen-bond donors (Lipinski definition) is 0. The van der Waals surface area contributed by atoms with Gasteiger partial charge in [-0.25, -0.2) is 4.98 Å². The van der Waals surface area contributed by atoms with Crippen LogP contribution in [0.4, 0.5) is 0 Å². The van der Waals surface area contributed by atoms with E-state index in [0.717, 1.165) is 11.3 Å². The van der Waals surface area contributed by atoms with E-state index in [2.05, 4.69) is 18.8 Å². The largest absolute Gasteiger partial charge is 0.252 e. The highest BCUT2D eigenvalue weighted by Gasteiger charge is 2.02. The van der Waals surface area contributed by atoms with Gasteiger partial charge in [-0.15, -0.1) is 11.3 Å². The molecule has 1 rings (SSSR count). The fourth-order valence-electron chi connectivity index (χ4n) is 0.873. The Morgan fingerprint density at radius 3 is 2.82 bits per heavy atom. The average Bonchev–Trinajstić information content (AvgIpc) is 2.34. The highest BCUT2D eigenvalue weighted by atomic mass is 32.1. The van der Waals surface area contributed by atoms with Crippen LogP contribution >= 0.6 is 11.3 Å². The first-order valence-electron chi connectivity index (χ1n) is 3.80. The molecule has 11 heavy (non-hydrogen) atoms. The third kappa shape index (κ3) is 2.60. The van der Waals surface area contributed by atoms with Gasteiger partial charge in [0.2, 0.25) is 0 Å². The molecule has 1 heterocycles. The van der Waals surface area contributed by atoms with E-state index in [1.807, 2.05) is 6.20 Å². The minimum absolute atomic E-state index is 0.371. The predicted molar refractivity (Wildman–Crippen MR) is 47.5 cm³/mol. The highest BCUT2D eigenvalue weighted by Crippen LogP contribution is 2.15. The summed E-state index contributed by atoms with van der Waals surface area (Å²) >= 11 is 1.66. The molecule has 0 unspecified atom stereocenters. The molecule has 0 atom stereocenters. The number of nitrogens with zero attached hydrogens (tertiary/aromatic N) is 1. The first-order chi connectivity index (χ1) is 5.22. The zero-order valence-electron chi connectivity index (χ0n) is 6.92. The van der Waals surface area contributed by atoms with Gasteiger partial charge >= 0.3 is 0 Å². The van der Waals surface area contributed by atoms with Crippen molar-refractivity contribution < 1.29 is 0 Å². The standard InChI is InChI=1S/C8H13N2S/c1-6(2)3-8-10-5-7(4-9)11-8/h5-6,9H,3-4H2,1-2H3. The fraction of sp³-hybridized carbons (Fsp3) is 0.625. The van der Waals surface area contributed by atoms with E-state index in [9.17, 15) is 0 Å². The van der Waals surface area contributed by atoms with Crippen molar-refractivity contribution in [3.8, 4) is 0 Å². The van der Waals surface area contributed by atoms with Gasteiger partial charge in [0.25, 0.3) is 0 Å². The number of aromatic nitrogens is 1. The molecule has 0 saturated carbocycles. The number of thiazole rings is 1. The van der Waals surface area contributed by atoms with Crippen molar-refractivity contribution in [2.45, 2.75) is 26.8 Å². The summed E-state index contributed by atoms with van der Waals surface area (Å²) in [5, 5.41) is 1.17. The molecule has 0 aliphatic heterocycles. The van der Waals surface area contributed by atoms with E-state index < -0.39 is 0 Å². The van der Waals surface area contributed by atoms with Gasteiger partial charge in [0.05, 0.1) is 5.01 Å². The lowest BCUT2D eigenvalue weighted by atomic mass is 10.1. The van der Waals surface area contributed by atoms with E-state index in [0.29, 0.717) is 12.5 Å². The van der Waals surface area contributed by atoms with Gasteiger partial charge in [0.15, 0.2) is 0 Å². The summed E-state index contributed by atoms with van der Waals surface area (Å²) in [5.41, 5.74) is 7.11. The van der Waals surface area contributed by atoms with E-state index in [1.54, 1.807) is 11.3 Å². The molecular formula is C8H13N2S. The molecule has 0 amide bonds. The Labute approximate surface area is 71.5 Å². The lowest BCUT2D eigenvalue weighted by Gasteiger charge is -1.97. The minimum Gasteiger partial charge on any atom is -0.252 e. The summed E-state index contributed by atoms with van der Waals surface area (Å²) in [7, 11) is 0. The quantitative estimate of drug-likeness (QED) is 0.682. The molecule has 1 N–H and O–H groups in total. The molecule has 0 fully saturated rings. The van der Waals surface area contributed by atoms with Gasteiger partial charge in [-0.1, -0.05) is 13.8 Å². The maximum atomic E-state index is 7.11. The van der Waals surface area contributed by atoms with Crippen LogP contribution in [0.15, 0.2) is 6.20 Å². The first-order valence-corrected chi connectivity index (χ1v) is 4.62. The van der Waals surface area contributed by atoms with E-state index in [4.69, 9.17) is 5.73 Å². The SMILES string of the molecule is CC(C)Cc1ncc(C[NH])s1. The Morgan fingerprint density at radius 1 is 1.64 bits per heavy atom. The van der Waals surface area contributed by atoms with Crippen LogP contribution in [0.5, 0.6) is 0 Å². The van der Waals surface area contributed by atoms with Crippen molar-refractivity contribution in [3.63, 3.8) is 0 Å². The molecule has 1 radical (unpaired) electrons. The summed E-state index contributed by atoms with van der Waals surface area (Å²) in [6.45, 7) is 4.74. The maximum absolute atomic E-state index is 7.11. The van der Waals surface area contributed by atoms with Crippen LogP contribution in [-0.2, 0) is 13.0 Å². The Balaban J connectivity index is 2.58. The summed E-state index contributed by atoms with van der Waals surface area (Å²) in [6, 6.07) is 0. The average molecular weight is 169 g/mol. The van der Waals surface area contributed by atoms with Crippen LogP contribution in [0.1, 0.15) is 23.7 Å². The lowest BCUT2D eigenvalue weighted by molar-refractivity contribution is 0.644. The molecule has 1 aromatic heterocycles. The Kier molecular flexibility index (Phi) is 3.02. The van der Waals surface area contributed by atoms with E-state index >= 15 is 0 Å². The molecule has 61 valence electrons. The smallest absolute Gasteiger partial charge is 0.0930 e. The summed E-state index contributed by atoms with van der Waals surface area (Å²) in [5.74, 6) is 0.666. The number of nitrogens with one attached hydrogen (secondary N) is 1. The third-order valence-electron chi connectivity index (χ3n) is 1.36. The first kappa shape index (κ1) is 8.68. The Morgan fingerprint density at radius 2 is 2.36 bits per heavy atom. The molecule has 0 spiro atoms. The second-order valence-electron chi connectivity index (χ2n) is 3.00. The van der Waals surface area contributed by atoms with Gasteiger partial charge in [-0.3, -0.25) is 5.73 Å². The van der Waals surface area contributed by atoms with Gasteiger partial charge in [-0.2, -0.15) is 0 Å².